The molecule has 0 amide bonds. The largest absolute Gasteiger partial charge is 0.353 e. The normalized spacial score (nSPS) is 14.4. The molecule has 1 aliphatic rings. The molecule has 2 aromatic rings. The van der Waals surface area contributed by atoms with Crippen LogP contribution >= 0.6 is 0 Å². The maximum atomic E-state index is 14.5. The molecule has 2 heterocycles. The molecule has 0 bridgehead atoms. The van der Waals surface area contributed by atoms with Gasteiger partial charge in [-0.15, -0.1) is 0 Å². The van der Waals surface area contributed by atoms with Crippen molar-refractivity contribution in [2.45, 2.75) is 32.0 Å². The molecule has 112 valence electrons. The van der Waals surface area contributed by atoms with Gasteiger partial charge in [-0.2, -0.15) is 5.10 Å². The lowest BCUT2D eigenvalue weighted by molar-refractivity contribution is 0.577. The van der Waals surface area contributed by atoms with Crippen LogP contribution in [-0.2, 0) is 20.1 Å². The van der Waals surface area contributed by atoms with Crippen molar-refractivity contribution in [2.75, 3.05) is 11.9 Å². The summed E-state index contributed by atoms with van der Waals surface area (Å²) in [6, 6.07) is 2.31. The summed E-state index contributed by atoms with van der Waals surface area (Å²) < 4.78 is 16.3. The Morgan fingerprint density at radius 2 is 2.29 bits per heavy atom. The second-order valence-electron chi connectivity index (χ2n) is 5.64. The van der Waals surface area contributed by atoms with Crippen LogP contribution in [0.25, 0.3) is 0 Å². The highest BCUT2D eigenvalue weighted by Crippen LogP contribution is 2.22. The van der Waals surface area contributed by atoms with Crippen LogP contribution in [0, 0.1) is 5.82 Å². The highest BCUT2D eigenvalue weighted by molar-refractivity contribution is 5.42. The van der Waals surface area contributed by atoms with E-state index in [4.69, 9.17) is 0 Å². The van der Waals surface area contributed by atoms with E-state index >= 15 is 0 Å². The Kier molecular flexibility index (Phi) is 3.88. The van der Waals surface area contributed by atoms with Crippen LogP contribution in [-0.4, -0.2) is 27.9 Å². The summed E-state index contributed by atoms with van der Waals surface area (Å²) in [5, 5.41) is 7.46. The van der Waals surface area contributed by atoms with Crippen molar-refractivity contribution >= 4 is 5.82 Å². The first-order valence-electron chi connectivity index (χ1n) is 7.19. The number of hydrogen-bond acceptors (Lipinski definition) is 4. The van der Waals surface area contributed by atoms with Gasteiger partial charge < -0.3 is 10.2 Å². The Morgan fingerprint density at radius 3 is 2.95 bits per heavy atom. The van der Waals surface area contributed by atoms with Gasteiger partial charge in [-0.05, 0) is 18.9 Å². The molecule has 0 atom stereocenters. The maximum Gasteiger partial charge on any atom is 0.170 e. The molecule has 0 saturated heterocycles. The van der Waals surface area contributed by atoms with E-state index in [0.717, 1.165) is 5.56 Å². The van der Waals surface area contributed by atoms with Gasteiger partial charge in [-0.3, -0.25) is 4.68 Å². The molecule has 1 N–H and O–H groups in total. The third kappa shape index (κ3) is 3.39. The Labute approximate surface area is 123 Å². The zero-order valence-corrected chi connectivity index (χ0v) is 12.4. The lowest BCUT2D eigenvalue weighted by atomic mass is 10.2. The van der Waals surface area contributed by atoms with Gasteiger partial charge in [-0.1, -0.05) is 0 Å². The first-order chi connectivity index (χ1) is 10.1. The van der Waals surface area contributed by atoms with Gasteiger partial charge in [0.2, 0.25) is 0 Å². The predicted octanol–water partition coefficient (Wildman–Crippen LogP) is 1.84. The molecule has 0 aliphatic heterocycles. The van der Waals surface area contributed by atoms with Crippen molar-refractivity contribution in [1.29, 1.82) is 0 Å². The fourth-order valence-electron chi connectivity index (χ4n) is 2.32. The third-order valence-electron chi connectivity index (χ3n) is 3.65. The van der Waals surface area contributed by atoms with Gasteiger partial charge in [0, 0.05) is 56.7 Å². The summed E-state index contributed by atoms with van der Waals surface area (Å²) >= 11 is 0. The number of pyridine rings is 1. The van der Waals surface area contributed by atoms with E-state index in [1.165, 1.54) is 12.8 Å². The van der Waals surface area contributed by atoms with E-state index < -0.39 is 0 Å². The molecular weight excluding hydrogens is 269 g/mol. The zero-order chi connectivity index (χ0) is 14.8. The minimum atomic E-state index is -0.239. The van der Waals surface area contributed by atoms with E-state index in [9.17, 15) is 4.39 Å². The molecule has 5 nitrogen and oxygen atoms in total. The third-order valence-corrected chi connectivity index (χ3v) is 3.65. The second kappa shape index (κ2) is 5.81. The van der Waals surface area contributed by atoms with Gasteiger partial charge in [0.25, 0.3) is 0 Å². The zero-order valence-electron chi connectivity index (χ0n) is 12.4. The van der Waals surface area contributed by atoms with Gasteiger partial charge in [0.05, 0.1) is 6.20 Å². The molecular formula is C15H20FN5. The molecule has 21 heavy (non-hydrogen) atoms. The number of anilines is 1. The van der Waals surface area contributed by atoms with Crippen LogP contribution in [0.2, 0.25) is 0 Å². The first-order valence-corrected chi connectivity index (χ1v) is 7.19. The summed E-state index contributed by atoms with van der Waals surface area (Å²) in [6.07, 6.45) is 7.77. The summed E-state index contributed by atoms with van der Waals surface area (Å²) in [7, 11) is 3.71. The van der Waals surface area contributed by atoms with Crippen molar-refractivity contribution in [3.63, 3.8) is 0 Å². The number of hydrogen-bond donors (Lipinski definition) is 1. The second-order valence-corrected chi connectivity index (χ2v) is 5.64. The standard InChI is InChI=1S/C15H20FN5/c1-20(9-11-7-19-21(2)10-11)15-14(16)12(5-6-17-15)8-18-13-3-4-13/h5-7,10,13,18H,3-4,8-9H2,1-2H3. The van der Waals surface area contributed by atoms with Crippen LogP contribution < -0.4 is 10.2 Å². The van der Waals surface area contributed by atoms with Crippen LogP contribution in [0.4, 0.5) is 10.2 Å². The van der Waals surface area contributed by atoms with Crippen LogP contribution in [0.5, 0.6) is 0 Å². The van der Waals surface area contributed by atoms with Crippen LogP contribution in [0.1, 0.15) is 24.0 Å². The fourth-order valence-corrected chi connectivity index (χ4v) is 2.32. The van der Waals surface area contributed by atoms with Crippen LogP contribution in [0.15, 0.2) is 24.7 Å². The first kappa shape index (κ1) is 14.0. The molecule has 3 rings (SSSR count). The minimum absolute atomic E-state index is 0.239. The molecule has 0 unspecified atom stereocenters. The van der Waals surface area contributed by atoms with E-state index in [0.29, 0.717) is 30.5 Å². The molecule has 0 spiro atoms. The number of rotatable bonds is 6. The summed E-state index contributed by atoms with van der Waals surface area (Å²) in [6.45, 7) is 1.14. The number of nitrogens with one attached hydrogen (secondary N) is 1. The van der Waals surface area contributed by atoms with E-state index in [-0.39, 0.29) is 5.82 Å². The summed E-state index contributed by atoms with van der Waals surface area (Å²) in [5.41, 5.74) is 1.70. The molecule has 1 fully saturated rings. The van der Waals surface area contributed by atoms with Crippen molar-refractivity contribution in [1.82, 2.24) is 20.1 Å². The van der Waals surface area contributed by atoms with Gasteiger partial charge in [0.1, 0.15) is 0 Å². The maximum absolute atomic E-state index is 14.5. The number of aryl methyl sites for hydroxylation is 1. The topological polar surface area (TPSA) is 46.0 Å². The number of halogens is 1. The van der Waals surface area contributed by atoms with E-state index in [1.807, 2.05) is 25.2 Å². The quantitative estimate of drug-likeness (QED) is 0.881. The van der Waals surface area contributed by atoms with Crippen molar-refractivity contribution in [3.8, 4) is 0 Å². The Hall–Kier alpha value is -1.95. The monoisotopic (exact) mass is 289 g/mol. The number of aromatic nitrogens is 3. The minimum Gasteiger partial charge on any atom is -0.353 e. The Morgan fingerprint density at radius 1 is 1.48 bits per heavy atom. The molecule has 2 aromatic heterocycles. The lowest BCUT2D eigenvalue weighted by Gasteiger charge is -2.19. The average Bonchev–Trinajstić information content (AvgIpc) is 3.20. The predicted molar refractivity (Wildman–Crippen MR) is 79.4 cm³/mol. The van der Waals surface area contributed by atoms with E-state index in [2.05, 4.69) is 15.4 Å². The SMILES string of the molecule is CN(Cc1cnn(C)c1)c1nccc(CNC2CC2)c1F. The van der Waals surface area contributed by atoms with Gasteiger partial charge >= 0.3 is 0 Å². The molecule has 1 saturated carbocycles. The Bertz CT molecular complexity index is 620. The van der Waals surface area contributed by atoms with Crippen molar-refractivity contribution in [3.05, 3.63) is 41.6 Å². The summed E-state index contributed by atoms with van der Waals surface area (Å²) in [4.78, 5) is 5.99. The molecule has 0 aromatic carbocycles. The molecule has 1 aliphatic carbocycles. The van der Waals surface area contributed by atoms with Crippen molar-refractivity contribution < 1.29 is 4.39 Å². The van der Waals surface area contributed by atoms with Crippen molar-refractivity contribution in [2.24, 2.45) is 7.05 Å². The molecule has 6 heteroatoms. The molecule has 0 radical (unpaired) electrons. The highest BCUT2D eigenvalue weighted by Gasteiger charge is 2.21. The van der Waals surface area contributed by atoms with E-state index in [1.54, 1.807) is 23.1 Å². The van der Waals surface area contributed by atoms with Gasteiger partial charge in [0.15, 0.2) is 11.6 Å². The average molecular weight is 289 g/mol. The highest BCUT2D eigenvalue weighted by atomic mass is 19.1. The van der Waals surface area contributed by atoms with Crippen LogP contribution in [0.3, 0.4) is 0 Å². The fraction of sp³-hybridized carbons (Fsp3) is 0.467. The smallest absolute Gasteiger partial charge is 0.170 e. The Balaban J connectivity index is 1.72. The van der Waals surface area contributed by atoms with Gasteiger partial charge in [-0.25, -0.2) is 9.37 Å². The lowest BCUT2D eigenvalue weighted by Crippen LogP contribution is -2.21. The number of nitrogens with zero attached hydrogens (tertiary/aromatic N) is 4. The summed E-state index contributed by atoms with van der Waals surface area (Å²) in [5.74, 6) is 0.144.